The molecule has 7 heteroatoms. The van der Waals surface area contributed by atoms with Gasteiger partial charge >= 0.3 is 7.12 Å². The molecule has 1 saturated heterocycles. The van der Waals surface area contributed by atoms with Gasteiger partial charge in [-0.25, -0.2) is 4.39 Å². The van der Waals surface area contributed by atoms with Crippen LogP contribution in [0.1, 0.15) is 40.2 Å². The molecule has 1 aliphatic heterocycles. The fourth-order valence-electron chi connectivity index (χ4n) is 2.24. The van der Waals surface area contributed by atoms with Crippen LogP contribution >= 0.6 is 15.9 Å². The van der Waals surface area contributed by atoms with Crippen LogP contribution in [0.4, 0.5) is 4.39 Å². The summed E-state index contributed by atoms with van der Waals surface area (Å²) in [7, 11) is -0.603. The molecule has 0 unspecified atom stereocenters. The summed E-state index contributed by atoms with van der Waals surface area (Å²) in [5.74, 6) is -0.504. The standard InChI is InChI=1S/C17H22BBrFNO3/c1-11(22)21-10-13(8-12-6-7-14(19)15(20)9-12)18-23-16(2,3)17(4,5)24-18/h6-9H,10H2,1-5H3,(H,21,22). The van der Waals surface area contributed by atoms with Gasteiger partial charge in [0, 0.05) is 13.5 Å². The Labute approximate surface area is 151 Å². The Morgan fingerprint density at radius 1 is 1.29 bits per heavy atom. The maximum Gasteiger partial charge on any atom is 0.492 e. The summed E-state index contributed by atoms with van der Waals surface area (Å²) in [6.07, 6.45) is 1.79. The van der Waals surface area contributed by atoms with Crippen molar-refractivity contribution in [1.29, 1.82) is 0 Å². The third kappa shape index (κ3) is 4.26. The summed E-state index contributed by atoms with van der Waals surface area (Å²) in [4.78, 5) is 11.3. The number of nitrogens with one attached hydrogen (secondary N) is 1. The third-order valence-corrected chi connectivity index (χ3v) is 5.04. The van der Waals surface area contributed by atoms with Gasteiger partial charge in [-0.3, -0.25) is 4.79 Å². The molecular formula is C17H22BBrFNO3. The van der Waals surface area contributed by atoms with Crippen molar-refractivity contribution in [2.24, 2.45) is 0 Å². The maximum absolute atomic E-state index is 13.8. The number of halogens is 2. The van der Waals surface area contributed by atoms with E-state index in [0.717, 1.165) is 5.47 Å². The summed E-state index contributed by atoms with van der Waals surface area (Å²) >= 11 is 3.14. The van der Waals surface area contributed by atoms with Crippen molar-refractivity contribution < 1.29 is 18.5 Å². The Bertz CT molecular complexity index is 660. The maximum atomic E-state index is 13.8. The lowest BCUT2D eigenvalue weighted by Crippen LogP contribution is -2.41. The number of hydrogen-bond acceptors (Lipinski definition) is 3. The molecule has 1 aliphatic rings. The average molecular weight is 398 g/mol. The smallest absolute Gasteiger partial charge is 0.400 e. The van der Waals surface area contributed by atoms with Crippen LogP contribution < -0.4 is 5.32 Å². The lowest BCUT2D eigenvalue weighted by atomic mass is 9.77. The van der Waals surface area contributed by atoms with Crippen LogP contribution in [0.2, 0.25) is 0 Å². The number of carbonyl (C=O) groups is 1. The average Bonchev–Trinajstić information content (AvgIpc) is 2.67. The van der Waals surface area contributed by atoms with Crippen LogP contribution in [-0.4, -0.2) is 30.8 Å². The number of benzene rings is 1. The first-order valence-corrected chi connectivity index (χ1v) is 8.57. The topological polar surface area (TPSA) is 47.6 Å². The molecule has 0 spiro atoms. The van der Waals surface area contributed by atoms with Gasteiger partial charge in [-0.15, -0.1) is 0 Å². The molecule has 1 N–H and O–H groups in total. The molecule has 0 saturated carbocycles. The van der Waals surface area contributed by atoms with Crippen molar-refractivity contribution >= 4 is 35.0 Å². The van der Waals surface area contributed by atoms with E-state index in [4.69, 9.17) is 9.31 Å². The number of amides is 1. The van der Waals surface area contributed by atoms with Crippen molar-refractivity contribution in [2.45, 2.75) is 45.8 Å². The monoisotopic (exact) mass is 397 g/mol. The van der Waals surface area contributed by atoms with E-state index >= 15 is 0 Å². The van der Waals surface area contributed by atoms with Crippen molar-refractivity contribution in [3.8, 4) is 0 Å². The fourth-order valence-corrected chi connectivity index (χ4v) is 2.49. The lowest BCUT2D eigenvalue weighted by molar-refractivity contribution is -0.118. The molecule has 1 fully saturated rings. The van der Waals surface area contributed by atoms with Crippen LogP contribution in [-0.2, 0) is 14.1 Å². The lowest BCUT2D eigenvalue weighted by Gasteiger charge is -2.32. The first kappa shape index (κ1) is 19.2. The van der Waals surface area contributed by atoms with Gasteiger partial charge in [0.2, 0.25) is 5.91 Å². The largest absolute Gasteiger partial charge is 0.492 e. The second-order valence-corrected chi connectivity index (χ2v) is 7.75. The Hall–Kier alpha value is -1.18. The summed E-state index contributed by atoms with van der Waals surface area (Å²) in [6, 6.07) is 4.84. The molecule has 0 bridgehead atoms. The molecule has 24 heavy (non-hydrogen) atoms. The van der Waals surface area contributed by atoms with Crippen LogP contribution in [0.3, 0.4) is 0 Å². The van der Waals surface area contributed by atoms with Crippen LogP contribution in [0.5, 0.6) is 0 Å². The van der Waals surface area contributed by atoms with E-state index in [9.17, 15) is 9.18 Å². The first-order chi connectivity index (χ1) is 11.0. The molecular weight excluding hydrogens is 376 g/mol. The first-order valence-electron chi connectivity index (χ1n) is 7.77. The summed E-state index contributed by atoms with van der Waals surface area (Å²) in [5.41, 5.74) is 0.423. The SMILES string of the molecule is CC(=O)NCC(=Cc1ccc(Br)c(F)c1)B1OC(C)(C)C(C)(C)O1. The van der Waals surface area contributed by atoms with Gasteiger partial charge in [-0.2, -0.15) is 0 Å². The Balaban J connectivity index is 2.33. The van der Waals surface area contributed by atoms with Crippen LogP contribution in [0.25, 0.3) is 6.08 Å². The zero-order valence-corrected chi connectivity index (χ0v) is 16.2. The zero-order valence-electron chi connectivity index (χ0n) is 14.6. The fraction of sp³-hybridized carbons (Fsp3) is 0.471. The van der Waals surface area contributed by atoms with Gasteiger partial charge in [-0.1, -0.05) is 12.1 Å². The molecule has 4 nitrogen and oxygen atoms in total. The van der Waals surface area contributed by atoms with Gasteiger partial charge in [0.25, 0.3) is 0 Å². The highest BCUT2D eigenvalue weighted by Gasteiger charge is 2.52. The Morgan fingerprint density at radius 2 is 1.88 bits per heavy atom. The molecule has 130 valence electrons. The van der Waals surface area contributed by atoms with Gasteiger partial charge in [-0.05, 0) is 66.8 Å². The predicted octanol–water partition coefficient (Wildman–Crippen LogP) is 3.74. The Morgan fingerprint density at radius 3 is 2.38 bits per heavy atom. The van der Waals surface area contributed by atoms with E-state index in [1.165, 1.54) is 13.0 Å². The minimum absolute atomic E-state index is 0.153. The molecule has 0 aromatic heterocycles. The van der Waals surface area contributed by atoms with E-state index in [-0.39, 0.29) is 18.3 Å². The highest BCUT2D eigenvalue weighted by Crippen LogP contribution is 2.38. The van der Waals surface area contributed by atoms with Gasteiger partial charge in [0.15, 0.2) is 0 Å². The van der Waals surface area contributed by atoms with Gasteiger partial charge in [0.05, 0.1) is 15.7 Å². The van der Waals surface area contributed by atoms with Crippen molar-refractivity contribution in [1.82, 2.24) is 5.32 Å². The highest BCUT2D eigenvalue weighted by molar-refractivity contribution is 9.10. The van der Waals surface area contributed by atoms with E-state index in [1.54, 1.807) is 18.2 Å². The molecule has 1 heterocycles. The minimum Gasteiger partial charge on any atom is -0.400 e. The second kappa shape index (κ2) is 6.98. The van der Waals surface area contributed by atoms with E-state index in [0.29, 0.717) is 10.0 Å². The third-order valence-electron chi connectivity index (χ3n) is 4.39. The van der Waals surface area contributed by atoms with Crippen molar-refractivity contribution in [3.63, 3.8) is 0 Å². The van der Waals surface area contributed by atoms with Gasteiger partial charge < -0.3 is 14.6 Å². The van der Waals surface area contributed by atoms with Gasteiger partial charge in [0.1, 0.15) is 5.82 Å². The molecule has 0 aliphatic carbocycles. The van der Waals surface area contributed by atoms with Crippen molar-refractivity contribution in [2.75, 3.05) is 6.54 Å². The number of hydrogen-bond donors (Lipinski definition) is 1. The molecule has 1 amide bonds. The van der Waals surface area contributed by atoms with E-state index < -0.39 is 18.3 Å². The highest BCUT2D eigenvalue weighted by atomic mass is 79.9. The number of carbonyl (C=O) groups excluding carboxylic acids is 1. The summed E-state index contributed by atoms with van der Waals surface area (Å²) in [6.45, 7) is 9.56. The normalized spacial score (nSPS) is 19.5. The number of rotatable bonds is 4. The van der Waals surface area contributed by atoms with Crippen molar-refractivity contribution in [3.05, 3.63) is 39.5 Å². The zero-order chi connectivity index (χ0) is 18.1. The molecule has 2 rings (SSSR count). The van der Waals surface area contributed by atoms with E-state index in [1.807, 2.05) is 27.7 Å². The second-order valence-electron chi connectivity index (χ2n) is 6.89. The van der Waals surface area contributed by atoms with Crippen LogP contribution in [0.15, 0.2) is 28.1 Å². The quantitative estimate of drug-likeness (QED) is 0.787. The summed E-state index contributed by atoms with van der Waals surface area (Å²) in [5, 5.41) is 2.75. The Kier molecular flexibility index (Phi) is 5.57. The minimum atomic E-state index is -0.603. The summed E-state index contributed by atoms with van der Waals surface area (Å²) < 4.78 is 26.2. The molecule has 0 radical (unpaired) electrons. The predicted molar refractivity (Wildman–Crippen MR) is 96.8 cm³/mol. The van der Waals surface area contributed by atoms with Crippen LogP contribution in [0, 0.1) is 5.82 Å². The molecule has 1 aromatic carbocycles. The van der Waals surface area contributed by atoms with E-state index in [2.05, 4.69) is 21.2 Å². The molecule has 1 aromatic rings. The molecule has 0 atom stereocenters.